The summed E-state index contributed by atoms with van der Waals surface area (Å²) in [5.41, 5.74) is 19.9. The Morgan fingerprint density at radius 3 is 2.16 bits per heavy atom. The monoisotopic (exact) mass is 335 g/mol. The van der Waals surface area contributed by atoms with Gasteiger partial charge >= 0.3 is 0 Å². The lowest BCUT2D eigenvalue weighted by Gasteiger charge is -2.40. The second kappa shape index (κ2) is 6.48. The maximum Gasteiger partial charge on any atom is 0.0802 e. The molecule has 0 aliphatic carbocycles. The molecule has 0 saturated heterocycles. The number of nitrogens with zero attached hydrogens (tertiary/aromatic N) is 1. The van der Waals surface area contributed by atoms with Crippen molar-refractivity contribution in [3.05, 3.63) is 77.9 Å². The van der Waals surface area contributed by atoms with Crippen molar-refractivity contribution in [1.82, 2.24) is 0 Å². The highest BCUT2D eigenvalue weighted by Crippen LogP contribution is 2.48. The number of fused-ring (bicyclic) bond motifs is 3. The SMILES string of the molecule is CCN1c2cc(N)ccc2-c2ccc(N)cc2C1c1ccccc1.F. The number of nitrogens with two attached hydrogens (primary N) is 2. The van der Waals surface area contributed by atoms with E-state index in [0.29, 0.717) is 0 Å². The molecule has 0 radical (unpaired) electrons. The number of hydrogen-bond acceptors (Lipinski definition) is 3. The van der Waals surface area contributed by atoms with Gasteiger partial charge in [0, 0.05) is 29.2 Å². The highest BCUT2D eigenvalue weighted by Gasteiger charge is 2.31. The Morgan fingerprint density at radius 2 is 1.48 bits per heavy atom. The van der Waals surface area contributed by atoms with Crippen molar-refractivity contribution in [3.63, 3.8) is 0 Å². The minimum absolute atomic E-state index is 0. The zero-order valence-corrected chi connectivity index (χ0v) is 14.1. The maximum atomic E-state index is 6.11. The van der Waals surface area contributed by atoms with E-state index < -0.39 is 0 Å². The van der Waals surface area contributed by atoms with Gasteiger partial charge < -0.3 is 16.4 Å². The molecule has 1 unspecified atom stereocenters. The molecule has 0 spiro atoms. The molecule has 3 nitrogen and oxygen atoms in total. The molecular weight excluding hydrogens is 313 g/mol. The number of hydrogen-bond donors (Lipinski definition) is 2. The van der Waals surface area contributed by atoms with E-state index in [9.17, 15) is 0 Å². The van der Waals surface area contributed by atoms with E-state index >= 15 is 0 Å². The average Bonchev–Trinajstić information content (AvgIpc) is 2.61. The van der Waals surface area contributed by atoms with Crippen molar-refractivity contribution in [2.24, 2.45) is 0 Å². The van der Waals surface area contributed by atoms with Crippen molar-refractivity contribution in [1.29, 1.82) is 0 Å². The molecule has 1 heterocycles. The van der Waals surface area contributed by atoms with Gasteiger partial charge in [0.05, 0.1) is 6.04 Å². The Bertz CT molecular complexity index is 893. The van der Waals surface area contributed by atoms with Crippen LogP contribution in [0.25, 0.3) is 11.1 Å². The fourth-order valence-corrected chi connectivity index (χ4v) is 3.72. The van der Waals surface area contributed by atoms with E-state index in [4.69, 9.17) is 11.5 Å². The molecule has 4 heteroatoms. The Balaban J connectivity index is 0.00000182. The van der Waals surface area contributed by atoms with Gasteiger partial charge in [0.15, 0.2) is 0 Å². The van der Waals surface area contributed by atoms with E-state index in [-0.39, 0.29) is 10.7 Å². The summed E-state index contributed by atoms with van der Waals surface area (Å²) in [7, 11) is 0. The zero-order chi connectivity index (χ0) is 16.7. The molecule has 0 saturated carbocycles. The van der Waals surface area contributed by atoms with Gasteiger partial charge in [0.25, 0.3) is 0 Å². The van der Waals surface area contributed by atoms with Gasteiger partial charge in [-0.05, 0) is 47.9 Å². The first-order valence-electron chi connectivity index (χ1n) is 8.30. The first-order chi connectivity index (χ1) is 11.7. The van der Waals surface area contributed by atoms with Gasteiger partial charge in [-0.3, -0.25) is 4.70 Å². The van der Waals surface area contributed by atoms with E-state index in [1.165, 1.54) is 27.9 Å². The molecule has 4 rings (SSSR count). The largest absolute Gasteiger partial charge is 0.399 e. The Morgan fingerprint density at radius 1 is 0.840 bits per heavy atom. The van der Waals surface area contributed by atoms with Gasteiger partial charge in [-0.25, -0.2) is 0 Å². The van der Waals surface area contributed by atoms with Crippen LogP contribution in [-0.4, -0.2) is 6.54 Å². The van der Waals surface area contributed by atoms with Crippen LogP contribution in [0.4, 0.5) is 21.8 Å². The van der Waals surface area contributed by atoms with Crippen LogP contribution in [0.3, 0.4) is 0 Å². The Labute approximate surface area is 147 Å². The summed E-state index contributed by atoms with van der Waals surface area (Å²) in [5.74, 6) is 0. The molecule has 25 heavy (non-hydrogen) atoms. The van der Waals surface area contributed by atoms with Crippen LogP contribution in [0.15, 0.2) is 66.7 Å². The Kier molecular flexibility index (Phi) is 4.36. The smallest absolute Gasteiger partial charge is 0.0802 e. The summed E-state index contributed by atoms with van der Waals surface area (Å²) < 4.78 is 0. The third kappa shape index (κ3) is 2.70. The second-order valence-electron chi connectivity index (χ2n) is 6.22. The quantitative estimate of drug-likeness (QED) is 0.673. The second-order valence-corrected chi connectivity index (χ2v) is 6.22. The van der Waals surface area contributed by atoms with E-state index in [1.807, 2.05) is 12.1 Å². The summed E-state index contributed by atoms with van der Waals surface area (Å²) >= 11 is 0. The number of benzene rings is 3. The molecule has 0 aromatic heterocycles. The summed E-state index contributed by atoms with van der Waals surface area (Å²) in [6.45, 7) is 3.07. The van der Waals surface area contributed by atoms with Crippen LogP contribution in [-0.2, 0) is 0 Å². The van der Waals surface area contributed by atoms with Gasteiger partial charge in [-0.1, -0.05) is 42.5 Å². The van der Waals surface area contributed by atoms with Crippen molar-refractivity contribution >= 4 is 17.1 Å². The third-order valence-electron chi connectivity index (χ3n) is 4.76. The summed E-state index contributed by atoms with van der Waals surface area (Å²) in [5, 5.41) is 0. The third-order valence-corrected chi connectivity index (χ3v) is 4.76. The number of anilines is 3. The van der Waals surface area contributed by atoms with Crippen LogP contribution in [0.2, 0.25) is 0 Å². The van der Waals surface area contributed by atoms with Crippen molar-refractivity contribution < 1.29 is 4.70 Å². The molecule has 0 fully saturated rings. The first-order valence-corrected chi connectivity index (χ1v) is 8.30. The topological polar surface area (TPSA) is 55.3 Å². The average molecular weight is 335 g/mol. The van der Waals surface area contributed by atoms with Crippen LogP contribution < -0.4 is 16.4 Å². The normalized spacial score (nSPS) is 15.1. The number of nitrogen functional groups attached to an aromatic ring is 2. The zero-order valence-electron chi connectivity index (χ0n) is 14.1. The Hall–Kier alpha value is -3.01. The minimum atomic E-state index is 0. The van der Waals surface area contributed by atoms with Crippen molar-refractivity contribution in [2.75, 3.05) is 22.9 Å². The minimum Gasteiger partial charge on any atom is -0.399 e. The van der Waals surface area contributed by atoms with Crippen molar-refractivity contribution in [2.45, 2.75) is 13.0 Å². The van der Waals surface area contributed by atoms with E-state index in [0.717, 1.165) is 17.9 Å². The first kappa shape index (κ1) is 16.8. The predicted molar refractivity (Wildman–Crippen MR) is 105 cm³/mol. The molecule has 128 valence electrons. The van der Waals surface area contributed by atoms with E-state index in [2.05, 4.69) is 66.4 Å². The fraction of sp³-hybridized carbons (Fsp3) is 0.143. The van der Waals surface area contributed by atoms with Gasteiger partial charge in [-0.15, -0.1) is 0 Å². The van der Waals surface area contributed by atoms with Crippen LogP contribution >= 0.6 is 0 Å². The lowest BCUT2D eigenvalue weighted by molar-refractivity contribution is 0.719. The fourth-order valence-electron chi connectivity index (χ4n) is 3.72. The van der Waals surface area contributed by atoms with E-state index in [1.54, 1.807) is 0 Å². The lowest BCUT2D eigenvalue weighted by atomic mass is 9.84. The molecule has 0 amide bonds. The standard InChI is InChI=1S/C21H21N3.FH/c1-2-24-20-13-16(23)9-11-18(20)17-10-8-15(22)12-19(17)21(24)14-6-4-3-5-7-14;/h3-13,21H,2,22-23H2,1H3;1H. The molecule has 3 aromatic carbocycles. The van der Waals surface area contributed by atoms with Gasteiger partial charge in [-0.2, -0.15) is 0 Å². The number of rotatable bonds is 2. The number of halogens is 1. The van der Waals surface area contributed by atoms with Crippen LogP contribution in [0.1, 0.15) is 24.1 Å². The maximum absolute atomic E-state index is 6.11. The molecule has 1 atom stereocenters. The molecule has 1 aliphatic heterocycles. The highest BCUT2D eigenvalue weighted by atomic mass is 19.0. The molecule has 0 bridgehead atoms. The molecule has 1 aliphatic rings. The van der Waals surface area contributed by atoms with Crippen molar-refractivity contribution in [3.8, 4) is 11.1 Å². The van der Waals surface area contributed by atoms with Gasteiger partial charge in [0.1, 0.15) is 0 Å². The highest BCUT2D eigenvalue weighted by molar-refractivity contribution is 5.88. The predicted octanol–water partition coefficient (Wildman–Crippen LogP) is 4.60. The summed E-state index contributed by atoms with van der Waals surface area (Å²) in [6, 6.07) is 23.1. The summed E-state index contributed by atoms with van der Waals surface area (Å²) in [6.07, 6.45) is 0. The molecule has 3 aromatic rings. The van der Waals surface area contributed by atoms with Crippen LogP contribution in [0.5, 0.6) is 0 Å². The molecular formula is C21H22FN3. The van der Waals surface area contributed by atoms with Crippen LogP contribution in [0, 0.1) is 0 Å². The summed E-state index contributed by atoms with van der Waals surface area (Å²) in [4.78, 5) is 2.41. The van der Waals surface area contributed by atoms with Gasteiger partial charge in [0.2, 0.25) is 0 Å². The molecule has 4 N–H and O–H groups in total. The lowest BCUT2D eigenvalue weighted by Crippen LogP contribution is -2.33.